The van der Waals surface area contributed by atoms with Crippen LogP contribution in [0.3, 0.4) is 0 Å². The first-order valence-corrected chi connectivity index (χ1v) is 10.3. The first-order valence-electron chi connectivity index (χ1n) is 9.40. The van der Waals surface area contributed by atoms with E-state index in [2.05, 4.69) is 32.9 Å². The minimum absolute atomic E-state index is 0. The van der Waals surface area contributed by atoms with Crippen molar-refractivity contribution in [3.8, 4) is 0 Å². The number of aliphatic imine (C=N–C) groups is 1. The number of hydrogen-bond donors (Lipinski definition) is 3. The summed E-state index contributed by atoms with van der Waals surface area (Å²) in [5.41, 5.74) is 1.31. The molecule has 6 nitrogen and oxygen atoms in total. The standard InChI is InChI=1S/C21H27N5OS.HI/c1-3-22-20(24-16-21(2,27)19-10-7-11-28-19)23-12-18-13-25-26(15-18)14-17-8-5-4-6-9-17;/h4-11,13,15,27H,3,12,14,16H2,1-2H3,(H2,22,23,24);1H. The average Bonchev–Trinajstić information content (AvgIpc) is 3.37. The molecule has 0 amide bonds. The highest BCUT2D eigenvalue weighted by molar-refractivity contribution is 14.0. The molecule has 0 radical (unpaired) electrons. The number of nitrogens with zero attached hydrogens (tertiary/aromatic N) is 3. The summed E-state index contributed by atoms with van der Waals surface area (Å²) in [5.74, 6) is 0.676. The highest BCUT2D eigenvalue weighted by Crippen LogP contribution is 2.24. The molecule has 8 heteroatoms. The Labute approximate surface area is 193 Å². The molecule has 0 saturated carbocycles. The first kappa shape index (κ1) is 23.4. The van der Waals surface area contributed by atoms with Gasteiger partial charge in [-0.2, -0.15) is 5.10 Å². The maximum Gasteiger partial charge on any atom is 0.191 e. The number of aliphatic hydroxyl groups is 1. The Morgan fingerprint density at radius 1 is 1.17 bits per heavy atom. The average molecular weight is 525 g/mol. The normalized spacial score (nSPS) is 13.4. The van der Waals surface area contributed by atoms with Crippen LogP contribution in [-0.4, -0.2) is 33.9 Å². The fourth-order valence-corrected chi connectivity index (χ4v) is 3.57. The van der Waals surface area contributed by atoms with Crippen LogP contribution in [0.2, 0.25) is 0 Å². The zero-order chi connectivity index (χ0) is 19.8. The Kier molecular flexibility index (Phi) is 9.12. The van der Waals surface area contributed by atoms with Gasteiger partial charge in [-0.25, -0.2) is 4.99 Å². The summed E-state index contributed by atoms with van der Waals surface area (Å²) in [6.45, 7) is 6.22. The van der Waals surface area contributed by atoms with Gasteiger partial charge in [-0.1, -0.05) is 36.4 Å². The van der Waals surface area contributed by atoms with Gasteiger partial charge in [-0.3, -0.25) is 4.68 Å². The number of halogens is 1. The van der Waals surface area contributed by atoms with Crippen molar-refractivity contribution in [2.45, 2.75) is 32.5 Å². The molecule has 0 aliphatic heterocycles. The van der Waals surface area contributed by atoms with Gasteiger partial charge in [-0.05, 0) is 30.9 Å². The molecule has 3 rings (SSSR count). The zero-order valence-corrected chi connectivity index (χ0v) is 19.9. The summed E-state index contributed by atoms with van der Waals surface area (Å²) in [7, 11) is 0. The lowest BCUT2D eigenvalue weighted by Crippen LogP contribution is -2.44. The summed E-state index contributed by atoms with van der Waals surface area (Å²) < 4.78 is 1.92. The van der Waals surface area contributed by atoms with Crippen LogP contribution in [0, 0.1) is 0 Å². The van der Waals surface area contributed by atoms with Crippen molar-refractivity contribution < 1.29 is 5.11 Å². The van der Waals surface area contributed by atoms with Crippen LogP contribution in [0.25, 0.3) is 0 Å². The van der Waals surface area contributed by atoms with Gasteiger partial charge in [0.2, 0.25) is 0 Å². The van der Waals surface area contributed by atoms with Gasteiger partial charge in [0.1, 0.15) is 5.60 Å². The third-order valence-electron chi connectivity index (χ3n) is 4.29. The topological polar surface area (TPSA) is 74.5 Å². The highest BCUT2D eigenvalue weighted by atomic mass is 127. The fraction of sp³-hybridized carbons (Fsp3) is 0.333. The maximum absolute atomic E-state index is 10.7. The van der Waals surface area contributed by atoms with Crippen LogP contribution >= 0.6 is 35.3 Å². The quantitative estimate of drug-likeness (QED) is 0.239. The fourth-order valence-electron chi connectivity index (χ4n) is 2.79. The van der Waals surface area contributed by atoms with Crippen LogP contribution in [-0.2, 0) is 18.7 Å². The van der Waals surface area contributed by atoms with Crippen LogP contribution in [0.5, 0.6) is 0 Å². The van der Waals surface area contributed by atoms with Crippen molar-refractivity contribution in [2.75, 3.05) is 13.1 Å². The Balaban J connectivity index is 0.00000300. The van der Waals surface area contributed by atoms with E-state index in [-0.39, 0.29) is 24.0 Å². The molecule has 2 heterocycles. The maximum atomic E-state index is 10.7. The third-order valence-corrected chi connectivity index (χ3v) is 5.41. The molecule has 3 N–H and O–H groups in total. The lowest BCUT2D eigenvalue weighted by molar-refractivity contribution is 0.0655. The number of hydrogen-bond acceptors (Lipinski definition) is 4. The monoisotopic (exact) mass is 525 g/mol. The largest absolute Gasteiger partial charge is 0.383 e. The molecular weight excluding hydrogens is 497 g/mol. The van der Waals surface area contributed by atoms with Gasteiger partial charge in [0.05, 0.1) is 25.8 Å². The SMILES string of the molecule is CCNC(=NCc1cnn(Cc2ccccc2)c1)NCC(C)(O)c1cccs1.I. The van der Waals surface area contributed by atoms with Gasteiger partial charge in [0.15, 0.2) is 5.96 Å². The molecule has 1 unspecified atom stereocenters. The summed E-state index contributed by atoms with van der Waals surface area (Å²) >= 11 is 1.55. The Hall–Kier alpha value is -1.91. The van der Waals surface area contributed by atoms with E-state index >= 15 is 0 Å². The summed E-state index contributed by atoms with van der Waals surface area (Å²) in [6, 6.07) is 14.1. The number of nitrogens with one attached hydrogen (secondary N) is 2. The molecule has 156 valence electrons. The van der Waals surface area contributed by atoms with Gasteiger partial charge < -0.3 is 15.7 Å². The molecule has 29 heavy (non-hydrogen) atoms. The summed E-state index contributed by atoms with van der Waals surface area (Å²) in [4.78, 5) is 5.55. The van der Waals surface area contributed by atoms with Crippen LogP contribution in [0.4, 0.5) is 0 Å². The van der Waals surface area contributed by atoms with Crippen molar-refractivity contribution >= 4 is 41.3 Å². The number of guanidine groups is 1. The van der Waals surface area contributed by atoms with Gasteiger partial charge in [0.25, 0.3) is 0 Å². The molecule has 0 fully saturated rings. The van der Waals surface area contributed by atoms with Crippen molar-refractivity contribution in [1.29, 1.82) is 0 Å². The summed E-state index contributed by atoms with van der Waals surface area (Å²) in [6.07, 6.45) is 3.86. The van der Waals surface area contributed by atoms with E-state index in [1.165, 1.54) is 5.56 Å². The minimum atomic E-state index is -0.940. The van der Waals surface area contributed by atoms with Crippen LogP contribution < -0.4 is 10.6 Å². The minimum Gasteiger partial charge on any atom is -0.383 e. The Morgan fingerprint density at radius 3 is 2.66 bits per heavy atom. The van der Waals surface area contributed by atoms with E-state index in [9.17, 15) is 5.11 Å². The zero-order valence-electron chi connectivity index (χ0n) is 16.7. The van der Waals surface area contributed by atoms with Crippen molar-refractivity contribution in [3.05, 3.63) is 76.2 Å². The molecule has 3 aromatic rings. The van der Waals surface area contributed by atoms with E-state index in [1.54, 1.807) is 11.3 Å². The number of aromatic nitrogens is 2. The van der Waals surface area contributed by atoms with Gasteiger partial charge in [-0.15, -0.1) is 35.3 Å². The highest BCUT2D eigenvalue weighted by Gasteiger charge is 2.24. The lowest BCUT2D eigenvalue weighted by atomic mass is 10.1. The Bertz CT molecular complexity index is 878. The van der Waals surface area contributed by atoms with E-state index in [4.69, 9.17) is 0 Å². The summed E-state index contributed by atoms with van der Waals surface area (Å²) in [5, 5.41) is 23.5. The van der Waals surface area contributed by atoms with Crippen molar-refractivity contribution in [3.63, 3.8) is 0 Å². The van der Waals surface area contributed by atoms with E-state index in [0.29, 0.717) is 19.0 Å². The van der Waals surface area contributed by atoms with E-state index in [1.807, 2.05) is 66.6 Å². The van der Waals surface area contributed by atoms with Crippen molar-refractivity contribution in [1.82, 2.24) is 20.4 Å². The van der Waals surface area contributed by atoms with Gasteiger partial charge in [0, 0.05) is 23.2 Å². The second-order valence-electron chi connectivity index (χ2n) is 6.83. The predicted molar refractivity (Wildman–Crippen MR) is 130 cm³/mol. The smallest absolute Gasteiger partial charge is 0.191 e. The Morgan fingerprint density at radius 2 is 1.97 bits per heavy atom. The molecule has 0 spiro atoms. The molecule has 0 aliphatic carbocycles. The molecule has 1 aromatic carbocycles. The molecule has 1 atom stereocenters. The predicted octanol–water partition coefficient (Wildman–Crippen LogP) is 3.57. The second kappa shape index (κ2) is 11.3. The number of rotatable bonds is 8. The van der Waals surface area contributed by atoms with Gasteiger partial charge >= 0.3 is 0 Å². The molecule has 0 saturated heterocycles. The van der Waals surface area contributed by atoms with Crippen molar-refractivity contribution in [2.24, 2.45) is 4.99 Å². The lowest BCUT2D eigenvalue weighted by Gasteiger charge is -2.23. The molecule has 0 aliphatic rings. The molecule has 2 aromatic heterocycles. The second-order valence-corrected chi connectivity index (χ2v) is 7.78. The number of benzene rings is 1. The van der Waals surface area contributed by atoms with Crippen LogP contribution in [0.1, 0.15) is 29.9 Å². The van der Waals surface area contributed by atoms with E-state index < -0.39 is 5.60 Å². The molecule has 0 bridgehead atoms. The van der Waals surface area contributed by atoms with E-state index in [0.717, 1.165) is 23.5 Å². The third kappa shape index (κ3) is 7.13. The van der Waals surface area contributed by atoms with Crippen LogP contribution in [0.15, 0.2) is 65.2 Å². The molecular formula is C21H28IN5OS. The number of thiophene rings is 1. The first-order chi connectivity index (χ1) is 13.6.